The maximum Gasteiger partial charge on any atom is 0.262 e. The van der Waals surface area contributed by atoms with Crippen molar-refractivity contribution < 1.29 is 23.9 Å². The molecule has 2 atom stereocenters. The summed E-state index contributed by atoms with van der Waals surface area (Å²) in [5.74, 6) is -0.890. The topological polar surface area (TPSA) is 132 Å². The van der Waals surface area contributed by atoms with Crippen molar-refractivity contribution in [3.8, 4) is 11.5 Å². The number of nitrogens with one attached hydrogen (secondary N) is 2. The average Bonchev–Trinajstić information content (AvgIpc) is 2.79. The minimum Gasteiger partial charge on any atom is -0.483 e. The largest absolute Gasteiger partial charge is 0.483 e. The maximum atomic E-state index is 12.8. The van der Waals surface area contributed by atoms with E-state index in [-0.39, 0.29) is 17.5 Å². The molecular weight excluding hydrogens is 575 g/mol. The Balaban J connectivity index is 2.06. The minimum atomic E-state index is -0.929. The van der Waals surface area contributed by atoms with Crippen LogP contribution >= 0.6 is 39.1 Å². The molecule has 0 fully saturated rings. The molecule has 2 aromatic carbocycles. The average molecular weight is 602 g/mol. The Morgan fingerprint density at radius 3 is 2.42 bits per heavy atom. The lowest BCUT2D eigenvalue weighted by Gasteiger charge is -2.22. The molecule has 2 aromatic rings. The molecule has 36 heavy (non-hydrogen) atoms. The first-order valence-corrected chi connectivity index (χ1v) is 12.5. The van der Waals surface area contributed by atoms with Gasteiger partial charge in [-0.1, -0.05) is 53.0 Å². The first-order chi connectivity index (χ1) is 17.0. The van der Waals surface area contributed by atoms with Gasteiger partial charge in [0.2, 0.25) is 0 Å². The van der Waals surface area contributed by atoms with Crippen LogP contribution in [0.15, 0.2) is 46.0 Å². The highest BCUT2D eigenvalue weighted by molar-refractivity contribution is 9.10. The number of hydrazone groups is 1. The van der Waals surface area contributed by atoms with Crippen molar-refractivity contribution in [1.82, 2.24) is 10.7 Å². The third-order valence-corrected chi connectivity index (χ3v) is 5.65. The molecule has 0 spiro atoms. The number of halogens is 3. The zero-order valence-electron chi connectivity index (χ0n) is 19.9. The van der Waals surface area contributed by atoms with Crippen molar-refractivity contribution in [2.75, 3.05) is 6.61 Å². The molecule has 0 saturated heterocycles. The lowest BCUT2D eigenvalue weighted by molar-refractivity contribution is -0.132. The standard InChI is InChI=1S/C24H27BrCl2N4O5/c1-13(2)8-19(30-23(33)14(3)36-21-7-5-17(26)10-18(21)27)24(34)31-29-11-15-9-16(25)4-6-20(15)35-12-22(28)32/h4-7,9-11,13-14,19H,8,12H2,1-3H3,(H2,28,32)(H,30,33)(H,31,34)/b29-11-/t14-,19-/m0/s1. The van der Waals surface area contributed by atoms with Crippen molar-refractivity contribution in [2.24, 2.45) is 16.8 Å². The summed E-state index contributed by atoms with van der Waals surface area (Å²) in [5.41, 5.74) is 8.06. The summed E-state index contributed by atoms with van der Waals surface area (Å²) in [6, 6.07) is 8.84. The fourth-order valence-corrected chi connectivity index (χ4v) is 3.78. The highest BCUT2D eigenvalue weighted by Crippen LogP contribution is 2.28. The Morgan fingerprint density at radius 1 is 1.08 bits per heavy atom. The summed E-state index contributed by atoms with van der Waals surface area (Å²) in [7, 11) is 0. The number of carbonyl (C=O) groups is 3. The van der Waals surface area contributed by atoms with E-state index in [0.29, 0.717) is 28.5 Å². The first-order valence-electron chi connectivity index (χ1n) is 10.9. The normalized spacial score (nSPS) is 12.8. The molecule has 0 radical (unpaired) electrons. The van der Waals surface area contributed by atoms with Crippen LogP contribution in [-0.2, 0) is 14.4 Å². The summed E-state index contributed by atoms with van der Waals surface area (Å²) in [6.45, 7) is 5.09. The third-order valence-electron chi connectivity index (χ3n) is 4.63. The smallest absolute Gasteiger partial charge is 0.262 e. The Bertz CT molecular complexity index is 1130. The number of rotatable bonds is 12. The first kappa shape index (κ1) is 29.4. The Kier molecular flexibility index (Phi) is 11.5. The van der Waals surface area contributed by atoms with E-state index in [4.69, 9.17) is 38.4 Å². The number of nitrogens with zero attached hydrogens (tertiary/aromatic N) is 1. The van der Waals surface area contributed by atoms with Gasteiger partial charge in [0.15, 0.2) is 12.7 Å². The lowest BCUT2D eigenvalue weighted by atomic mass is 10.0. The molecule has 9 nitrogen and oxygen atoms in total. The van der Waals surface area contributed by atoms with E-state index in [1.807, 2.05) is 13.8 Å². The molecule has 0 aliphatic rings. The SMILES string of the molecule is CC(C)C[C@H](NC(=O)[C@H](C)Oc1ccc(Cl)cc1Cl)C(=O)N/N=C\c1cc(Br)ccc1OCC(N)=O. The number of nitrogens with two attached hydrogens (primary N) is 1. The van der Waals surface area contributed by atoms with Crippen molar-refractivity contribution >= 4 is 63.1 Å². The van der Waals surface area contributed by atoms with E-state index in [1.54, 1.807) is 37.3 Å². The van der Waals surface area contributed by atoms with Gasteiger partial charge in [-0.25, -0.2) is 5.43 Å². The highest BCUT2D eigenvalue weighted by atomic mass is 79.9. The summed E-state index contributed by atoms with van der Waals surface area (Å²) < 4.78 is 11.7. The molecule has 12 heteroatoms. The highest BCUT2D eigenvalue weighted by Gasteiger charge is 2.25. The predicted molar refractivity (Wildman–Crippen MR) is 143 cm³/mol. The molecule has 4 N–H and O–H groups in total. The van der Waals surface area contributed by atoms with Crippen LogP contribution in [-0.4, -0.2) is 42.7 Å². The fraction of sp³-hybridized carbons (Fsp3) is 0.333. The van der Waals surface area contributed by atoms with Gasteiger partial charge in [-0.2, -0.15) is 5.10 Å². The lowest BCUT2D eigenvalue weighted by Crippen LogP contribution is -2.49. The van der Waals surface area contributed by atoms with Gasteiger partial charge in [0.05, 0.1) is 11.2 Å². The quantitative estimate of drug-likeness (QED) is 0.249. The summed E-state index contributed by atoms with van der Waals surface area (Å²) in [6.07, 6.45) is 0.800. The predicted octanol–water partition coefficient (Wildman–Crippen LogP) is 4.07. The van der Waals surface area contributed by atoms with Crippen LogP contribution in [0.25, 0.3) is 0 Å². The molecule has 3 amide bonds. The van der Waals surface area contributed by atoms with Crippen LogP contribution < -0.4 is 25.9 Å². The van der Waals surface area contributed by atoms with E-state index < -0.39 is 29.9 Å². The van der Waals surface area contributed by atoms with Gasteiger partial charge in [-0.15, -0.1) is 0 Å². The van der Waals surface area contributed by atoms with E-state index in [2.05, 4.69) is 31.8 Å². The number of ether oxygens (including phenoxy) is 2. The van der Waals surface area contributed by atoms with Crippen molar-refractivity contribution in [3.05, 3.63) is 56.5 Å². The van der Waals surface area contributed by atoms with Gasteiger partial charge in [0.25, 0.3) is 17.7 Å². The van der Waals surface area contributed by atoms with Crippen LogP contribution in [0.3, 0.4) is 0 Å². The molecule has 0 unspecified atom stereocenters. The molecular formula is C24H27BrCl2N4O5. The van der Waals surface area contributed by atoms with E-state index in [1.165, 1.54) is 12.3 Å². The van der Waals surface area contributed by atoms with Gasteiger partial charge in [0.1, 0.15) is 17.5 Å². The second-order valence-electron chi connectivity index (χ2n) is 8.20. The summed E-state index contributed by atoms with van der Waals surface area (Å²) >= 11 is 15.4. The Labute approximate surface area is 227 Å². The van der Waals surface area contributed by atoms with Crippen LogP contribution in [0.5, 0.6) is 11.5 Å². The minimum absolute atomic E-state index is 0.103. The molecule has 0 aromatic heterocycles. The van der Waals surface area contributed by atoms with E-state index in [0.717, 1.165) is 4.47 Å². The molecule has 0 heterocycles. The van der Waals surface area contributed by atoms with Gasteiger partial charge in [-0.3, -0.25) is 14.4 Å². The van der Waals surface area contributed by atoms with Crippen LogP contribution in [0.2, 0.25) is 10.0 Å². The van der Waals surface area contributed by atoms with Crippen LogP contribution in [0.1, 0.15) is 32.8 Å². The molecule has 0 aliphatic heterocycles. The Morgan fingerprint density at radius 2 is 1.78 bits per heavy atom. The van der Waals surface area contributed by atoms with Crippen molar-refractivity contribution in [3.63, 3.8) is 0 Å². The van der Waals surface area contributed by atoms with E-state index in [9.17, 15) is 14.4 Å². The summed E-state index contributed by atoms with van der Waals surface area (Å²) in [4.78, 5) is 36.6. The second kappa shape index (κ2) is 14.1. The number of carbonyl (C=O) groups excluding carboxylic acids is 3. The number of hydrogen-bond acceptors (Lipinski definition) is 6. The Hall–Kier alpha value is -2.82. The van der Waals surface area contributed by atoms with Crippen LogP contribution in [0.4, 0.5) is 0 Å². The molecule has 0 saturated carbocycles. The van der Waals surface area contributed by atoms with E-state index >= 15 is 0 Å². The monoisotopic (exact) mass is 600 g/mol. The maximum absolute atomic E-state index is 12.8. The number of amides is 3. The zero-order chi connectivity index (χ0) is 26.8. The number of benzene rings is 2. The van der Waals surface area contributed by atoms with Crippen molar-refractivity contribution in [2.45, 2.75) is 39.3 Å². The van der Waals surface area contributed by atoms with Gasteiger partial charge in [0, 0.05) is 15.1 Å². The molecule has 2 rings (SSSR count). The van der Waals surface area contributed by atoms with Crippen molar-refractivity contribution in [1.29, 1.82) is 0 Å². The van der Waals surface area contributed by atoms with Gasteiger partial charge < -0.3 is 20.5 Å². The second-order valence-corrected chi connectivity index (χ2v) is 9.96. The van der Waals surface area contributed by atoms with Gasteiger partial charge >= 0.3 is 0 Å². The molecule has 194 valence electrons. The molecule has 0 bridgehead atoms. The zero-order valence-corrected chi connectivity index (χ0v) is 23.0. The fourth-order valence-electron chi connectivity index (χ4n) is 2.95. The molecule has 0 aliphatic carbocycles. The number of primary amides is 1. The summed E-state index contributed by atoms with van der Waals surface area (Å²) in [5, 5.41) is 7.38. The third kappa shape index (κ3) is 9.67. The van der Waals surface area contributed by atoms with Gasteiger partial charge in [-0.05, 0) is 55.7 Å². The number of hydrogen-bond donors (Lipinski definition) is 3. The van der Waals surface area contributed by atoms with Crippen LogP contribution in [0, 0.1) is 5.92 Å².